The first-order chi connectivity index (χ1) is 3.85. The lowest BCUT2D eigenvalue weighted by molar-refractivity contribution is 1.09. The molecule has 0 saturated carbocycles. The summed E-state index contributed by atoms with van der Waals surface area (Å²) in [5.41, 5.74) is 0. The van der Waals surface area contributed by atoms with Crippen molar-refractivity contribution in [1.82, 2.24) is 0 Å². The van der Waals surface area contributed by atoms with E-state index in [1.165, 1.54) is 0 Å². The van der Waals surface area contributed by atoms with Gasteiger partial charge in [-0.3, -0.25) is 0 Å². The maximum absolute atomic E-state index is 4.90. The summed E-state index contributed by atoms with van der Waals surface area (Å²) < 4.78 is 0. The first-order valence-corrected chi connectivity index (χ1v) is 2.41. The maximum Gasteiger partial charge on any atom is 0.169 e. The number of nitrogens with zero attached hydrogens (tertiary/aromatic N) is 3. The predicted molar refractivity (Wildman–Crippen MR) is 32.7 cm³/mol. The van der Waals surface area contributed by atoms with Gasteiger partial charge in [-0.1, -0.05) is 6.92 Å². The Bertz CT molecular complexity index is 102. The summed E-state index contributed by atoms with van der Waals surface area (Å²) in [4.78, 5) is 0. The first kappa shape index (κ1) is 7.07. The van der Waals surface area contributed by atoms with Gasteiger partial charge in [-0.15, -0.1) is 5.11 Å². The van der Waals surface area contributed by atoms with Gasteiger partial charge in [0.25, 0.3) is 0 Å². The van der Waals surface area contributed by atoms with Crippen LogP contribution in [0.1, 0.15) is 13.3 Å². The van der Waals surface area contributed by atoms with Crippen LogP contribution in [0.5, 0.6) is 0 Å². The molecule has 0 aliphatic carbocycles. The molecule has 4 nitrogen and oxygen atoms in total. The molecule has 0 aromatic rings. The summed E-state index contributed by atoms with van der Waals surface area (Å²) in [5, 5.41) is 10.5. The van der Waals surface area contributed by atoms with Gasteiger partial charge in [0.2, 0.25) is 0 Å². The molecule has 0 spiro atoms. The van der Waals surface area contributed by atoms with Crippen LogP contribution in [-0.2, 0) is 0 Å². The fraction of sp³-hybridized carbons (Fsp3) is 0.750. The number of hydrazone groups is 1. The minimum absolute atomic E-state index is 0.576. The second-order valence-corrected chi connectivity index (χ2v) is 1.20. The quantitative estimate of drug-likeness (QED) is 0.176. The van der Waals surface area contributed by atoms with Crippen LogP contribution in [-0.4, -0.2) is 12.9 Å². The number of hydrogen-bond acceptors (Lipinski definition) is 3. The third kappa shape index (κ3) is 2.28. The first-order valence-electron chi connectivity index (χ1n) is 2.41. The highest BCUT2D eigenvalue weighted by Gasteiger charge is 1.86. The summed E-state index contributed by atoms with van der Waals surface area (Å²) in [6.45, 7) is 1.92. The molecule has 46 valence electrons. The molecule has 2 N–H and O–H groups in total. The minimum atomic E-state index is 0.576. The van der Waals surface area contributed by atoms with Gasteiger partial charge in [0.1, 0.15) is 0 Å². The molecule has 0 aliphatic rings. The highest BCUT2D eigenvalue weighted by molar-refractivity contribution is 5.81. The second kappa shape index (κ2) is 4.23. The van der Waals surface area contributed by atoms with Crippen molar-refractivity contribution in [3.05, 3.63) is 0 Å². The summed E-state index contributed by atoms with van der Waals surface area (Å²) in [7, 11) is 1.58. The van der Waals surface area contributed by atoms with Crippen molar-refractivity contribution in [1.29, 1.82) is 0 Å². The van der Waals surface area contributed by atoms with Gasteiger partial charge in [0, 0.05) is 13.5 Å². The molecule has 0 atom stereocenters. The molecule has 0 unspecified atom stereocenters. The van der Waals surface area contributed by atoms with Crippen molar-refractivity contribution in [2.45, 2.75) is 13.3 Å². The Balaban J connectivity index is 3.72. The van der Waals surface area contributed by atoms with E-state index in [9.17, 15) is 0 Å². The molecular formula is C4H10N4. The maximum atomic E-state index is 4.90. The largest absolute Gasteiger partial charge is 0.321 e. The van der Waals surface area contributed by atoms with Crippen molar-refractivity contribution < 1.29 is 0 Å². The van der Waals surface area contributed by atoms with E-state index >= 15 is 0 Å². The van der Waals surface area contributed by atoms with Gasteiger partial charge in [0.15, 0.2) is 5.84 Å². The highest BCUT2D eigenvalue weighted by atomic mass is 15.2. The van der Waals surface area contributed by atoms with Crippen molar-refractivity contribution in [2.75, 3.05) is 7.05 Å². The van der Waals surface area contributed by atoms with E-state index in [-0.39, 0.29) is 0 Å². The summed E-state index contributed by atoms with van der Waals surface area (Å²) in [6.07, 6.45) is 0.730. The molecule has 0 fully saturated rings. The van der Waals surface area contributed by atoms with E-state index in [1.54, 1.807) is 7.05 Å². The Morgan fingerprint density at radius 2 is 2.25 bits per heavy atom. The van der Waals surface area contributed by atoms with Gasteiger partial charge in [0.05, 0.1) is 0 Å². The van der Waals surface area contributed by atoms with Crippen molar-refractivity contribution in [3.8, 4) is 0 Å². The van der Waals surface area contributed by atoms with Crippen molar-refractivity contribution >= 4 is 5.84 Å². The van der Waals surface area contributed by atoms with Gasteiger partial charge >= 0.3 is 0 Å². The Labute approximate surface area is 48.5 Å². The summed E-state index contributed by atoms with van der Waals surface area (Å²) in [5.74, 6) is 5.48. The Kier molecular flexibility index (Phi) is 3.74. The molecule has 0 aromatic heterocycles. The summed E-state index contributed by atoms with van der Waals surface area (Å²) in [6, 6.07) is 0. The number of amidine groups is 1. The molecule has 0 radical (unpaired) electrons. The van der Waals surface area contributed by atoms with Crippen LogP contribution < -0.4 is 5.84 Å². The average molecular weight is 114 g/mol. The molecule has 0 saturated heterocycles. The van der Waals surface area contributed by atoms with Crippen LogP contribution >= 0.6 is 0 Å². The summed E-state index contributed by atoms with van der Waals surface area (Å²) >= 11 is 0. The standard InChI is InChI=1S/C4H10N4/c1-3-4(7-5)8-6-2/h3,5H2,1-2H3. The van der Waals surface area contributed by atoms with Crippen LogP contribution in [0.3, 0.4) is 0 Å². The van der Waals surface area contributed by atoms with E-state index in [1.807, 2.05) is 6.92 Å². The Hall–Kier alpha value is -0.930. The van der Waals surface area contributed by atoms with E-state index in [2.05, 4.69) is 15.3 Å². The van der Waals surface area contributed by atoms with Gasteiger partial charge < -0.3 is 5.84 Å². The van der Waals surface area contributed by atoms with E-state index in [0.29, 0.717) is 5.84 Å². The molecule has 4 heteroatoms. The van der Waals surface area contributed by atoms with Crippen LogP contribution in [0.4, 0.5) is 0 Å². The van der Waals surface area contributed by atoms with Crippen molar-refractivity contribution in [3.63, 3.8) is 0 Å². The normalized spacial score (nSPS) is 13.0. The topological polar surface area (TPSA) is 63.1 Å². The molecule has 0 aliphatic heterocycles. The molecule has 0 aromatic carbocycles. The SMILES string of the molecule is CCC(N=NC)=NN. The van der Waals surface area contributed by atoms with E-state index < -0.39 is 0 Å². The van der Waals surface area contributed by atoms with Crippen molar-refractivity contribution in [2.24, 2.45) is 21.2 Å². The lowest BCUT2D eigenvalue weighted by Crippen LogP contribution is -1.94. The highest BCUT2D eigenvalue weighted by Crippen LogP contribution is 1.84. The molecule has 8 heavy (non-hydrogen) atoms. The third-order valence-corrected chi connectivity index (χ3v) is 0.681. The lowest BCUT2D eigenvalue weighted by Gasteiger charge is -1.86. The monoisotopic (exact) mass is 114 g/mol. The average Bonchev–Trinajstić information content (AvgIpc) is 1.83. The Morgan fingerprint density at radius 1 is 1.62 bits per heavy atom. The number of hydrogen-bond donors (Lipinski definition) is 1. The van der Waals surface area contributed by atoms with Gasteiger partial charge in [-0.2, -0.15) is 10.2 Å². The van der Waals surface area contributed by atoms with Gasteiger partial charge in [-0.25, -0.2) is 0 Å². The second-order valence-electron chi connectivity index (χ2n) is 1.20. The molecule has 0 rings (SSSR count). The zero-order valence-electron chi connectivity index (χ0n) is 5.13. The zero-order chi connectivity index (χ0) is 6.41. The number of nitrogens with two attached hydrogens (primary N) is 1. The Morgan fingerprint density at radius 3 is 2.38 bits per heavy atom. The minimum Gasteiger partial charge on any atom is -0.321 e. The zero-order valence-corrected chi connectivity index (χ0v) is 5.13. The fourth-order valence-corrected chi connectivity index (χ4v) is 0.303. The molecule has 0 heterocycles. The number of rotatable bonds is 1. The van der Waals surface area contributed by atoms with Crippen LogP contribution in [0.2, 0.25) is 0 Å². The smallest absolute Gasteiger partial charge is 0.169 e. The molecular weight excluding hydrogens is 104 g/mol. The van der Waals surface area contributed by atoms with Crippen LogP contribution in [0.15, 0.2) is 15.3 Å². The van der Waals surface area contributed by atoms with E-state index in [0.717, 1.165) is 6.42 Å². The van der Waals surface area contributed by atoms with Gasteiger partial charge in [-0.05, 0) is 0 Å². The number of azo groups is 1. The third-order valence-electron chi connectivity index (χ3n) is 0.681. The van der Waals surface area contributed by atoms with Crippen LogP contribution in [0.25, 0.3) is 0 Å². The van der Waals surface area contributed by atoms with Crippen LogP contribution in [0, 0.1) is 0 Å². The predicted octanol–water partition coefficient (Wildman–Crippen LogP) is 0.751. The fourth-order valence-electron chi connectivity index (χ4n) is 0.303. The van der Waals surface area contributed by atoms with E-state index in [4.69, 9.17) is 5.84 Å². The molecule has 0 bridgehead atoms. The lowest BCUT2D eigenvalue weighted by atomic mass is 10.5. The molecule has 0 amide bonds.